The second-order valence-corrected chi connectivity index (χ2v) is 7.29. The predicted molar refractivity (Wildman–Crippen MR) is 108 cm³/mol. The van der Waals surface area contributed by atoms with Gasteiger partial charge in [0.15, 0.2) is 0 Å². The third-order valence-electron chi connectivity index (χ3n) is 5.03. The van der Waals surface area contributed by atoms with Gasteiger partial charge in [0, 0.05) is 38.0 Å². The molecule has 0 unspecified atom stereocenters. The SMILES string of the molecule is Cc1ccc(C)c(OC2CCN(C(=O)c3ccc(CNC(N)=O)cc3)CC2)c1. The standard InChI is InChI=1S/C22H27N3O3/c1-15-3-4-16(2)20(13-15)28-19-9-11-25(12-10-19)21(26)18-7-5-17(6-8-18)14-24-22(23)27/h3-8,13,19H,9-12,14H2,1-2H3,(H3,23,24,27). The Kier molecular flexibility index (Phi) is 6.19. The van der Waals surface area contributed by atoms with Gasteiger partial charge in [-0.2, -0.15) is 0 Å². The van der Waals surface area contributed by atoms with E-state index in [2.05, 4.69) is 37.4 Å². The van der Waals surface area contributed by atoms with E-state index in [1.807, 2.05) is 17.0 Å². The molecule has 0 spiro atoms. The zero-order valence-electron chi connectivity index (χ0n) is 16.4. The van der Waals surface area contributed by atoms with Gasteiger partial charge in [-0.05, 0) is 48.7 Å². The van der Waals surface area contributed by atoms with Crippen molar-refractivity contribution in [2.75, 3.05) is 13.1 Å². The molecule has 28 heavy (non-hydrogen) atoms. The van der Waals surface area contributed by atoms with E-state index in [1.54, 1.807) is 12.1 Å². The number of amides is 3. The van der Waals surface area contributed by atoms with Crippen molar-refractivity contribution in [3.8, 4) is 5.75 Å². The first-order chi connectivity index (χ1) is 13.4. The number of primary amides is 1. The van der Waals surface area contributed by atoms with Gasteiger partial charge in [-0.1, -0.05) is 24.3 Å². The van der Waals surface area contributed by atoms with E-state index in [-0.39, 0.29) is 12.0 Å². The lowest BCUT2D eigenvalue weighted by atomic mass is 10.0. The van der Waals surface area contributed by atoms with Crippen molar-refractivity contribution in [1.29, 1.82) is 0 Å². The quantitative estimate of drug-likeness (QED) is 0.834. The summed E-state index contributed by atoms with van der Waals surface area (Å²) < 4.78 is 6.18. The second-order valence-electron chi connectivity index (χ2n) is 7.29. The van der Waals surface area contributed by atoms with Gasteiger partial charge in [-0.15, -0.1) is 0 Å². The van der Waals surface area contributed by atoms with Crippen molar-refractivity contribution in [1.82, 2.24) is 10.2 Å². The summed E-state index contributed by atoms with van der Waals surface area (Å²) >= 11 is 0. The van der Waals surface area contributed by atoms with E-state index in [9.17, 15) is 9.59 Å². The van der Waals surface area contributed by atoms with Gasteiger partial charge in [-0.25, -0.2) is 4.79 Å². The largest absolute Gasteiger partial charge is 0.490 e. The number of nitrogens with zero attached hydrogens (tertiary/aromatic N) is 1. The Morgan fingerprint density at radius 1 is 1.11 bits per heavy atom. The lowest BCUT2D eigenvalue weighted by Crippen LogP contribution is -2.41. The van der Waals surface area contributed by atoms with Crippen LogP contribution < -0.4 is 15.8 Å². The third kappa shape index (κ3) is 5.03. The van der Waals surface area contributed by atoms with E-state index in [0.29, 0.717) is 25.2 Å². The summed E-state index contributed by atoms with van der Waals surface area (Å²) in [5.74, 6) is 0.963. The third-order valence-corrected chi connectivity index (χ3v) is 5.03. The number of urea groups is 1. The Labute approximate surface area is 165 Å². The Morgan fingerprint density at radius 3 is 2.43 bits per heavy atom. The highest BCUT2D eigenvalue weighted by atomic mass is 16.5. The number of benzene rings is 2. The van der Waals surface area contributed by atoms with Crippen molar-refractivity contribution in [3.05, 3.63) is 64.7 Å². The van der Waals surface area contributed by atoms with E-state index in [1.165, 1.54) is 5.56 Å². The molecule has 3 amide bonds. The number of piperidine rings is 1. The lowest BCUT2D eigenvalue weighted by Gasteiger charge is -2.32. The summed E-state index contributed by atoms with van der Waals surface area (Å²) in [5, 5.41) is 2.54. The van der Waals surface area contributed by atoms with Crippen LogP contribution in [-0.4, -0.2) is 36.0 Å². The Hall–Kier alpha value is -3.02. The van der Waals surface area contributed by atoms with Crippen LogP contribution >= 0.6 is 0 Å². The number of nitrogens with two attached hydrogens (primary N) is 1. The number of ether oxygens (including phenoxy) is 1. The number of carbonyl (C=O) groups excluding carboxylic acids is 2. The smallest absolute Gasteiger partial charge is 0.312 e. The Morgan fingerprint density at radius 2 is 1.79 bits per heavy atom. The summed E-state index contributed by atoms with van der Waals surface area (Å²) in [4.78, 5) is 25.4. The minimum Gasteiger partial charge on any atom is -0.490 e. The van der Waals surface area contributed by atoms with Gasteiger partial charge in [0.05, 0.1) is 0 Å². The monoisotopic (exact) mass is 381 g/mol. The average Bonchev–Trinajstić information content (AvgIpc) is 2.69. The minimum absolute atomic E-state index is 0.0274. The van der Waals surface area contributed by atoms with Gasteiger partial charge in [0.25, 0.3) is 5.91 Å². The van der Waals surface area contributed by atoms with Gasteiger partial charge < -0.3 is 20.7 Å². The molecule has 0 bridgehead atoms. The van der Waals surface area contributed by atoms with E-state index in [4.69, 9.17) is 10.5 Å². The topological polar surface area (TPSA) is 84.7 Å². The molecule has 1 saturated heterocycles. The zero-order chi connectivity index (χ0) is 20.1. The van der Waals surface area contributed by atoms with Crippen LogP contribution in [0.25, 0.3) is 0 Å². The molecule has 0 aliphatic carbocycles. The first kappa shape index (κ1) is 19.7. The van der Waals surface area contributed by atoms with Gasteiger partial charge in [0.1, 0.15) is 11.9 Å². The van der Waals surface area contributed by atoms with Gasteiger partial charge in [-0.3, -0.25) is 4.79 Å². The lowest BCUT2D eigenvalue weighted by molar-refractivity contribution is 0.0594. The van der Waals surface area contributed by atoms with E-state index < -0.39 is 6.03 Å². The summed E-state index contributed by atoms with van der Waals surface area (Å²) in [6.45, 7) is 5.82. The van der Waals surface area contributed by atoms with Crippen LogP contribution in [0.5, 0.6) is 5.75 Å². The molecule has 1 fully saturated rings. The van der Waals surface area contributed by atoms with Crippen molar-refractivity contribution in [2.45, 2.75) is 39.3 Å². The van der Waals surface area contributed by atoms with E-state index in [0.717, 1.165) is 29.7 Å². The summed E-state index contributed by atoms with van der Waals surface area (Å²) in [5.41, 5.74) is 8.94. The van der Waals surface area contributed by atoms with Crippen molar-refractivity contribution in [2.24, 2.45) is 5.73 Å². The number of hydrogen-bond donors (Lipinski definition) is 2. The number of hydrogen-bond acceptors (Lipinski definition) is 3. The number of carbonyl (C=O) groups is 2. The molecule has 6 nitrogen and oxygen atoms in total. The molecule has 0 aromatic heterocycles. The highest BCUT2D eigenvalue weighted by Gasteiger charge is 2.25. The molecule has 0 atom stereocenters. The highest BCUT2D eigenvalue weighted by molar-refractivity contribution is 5.94. The summed E-state index contributed by atoms with van der Waals surface area (Å²) in [6, 6.07) is 12.9. The molecule has 2 aromatic carbocycles. The van der Waals surface area contributed by atoms with Crippen LogP contribution in [0.4, 0.5) is 4.79 Å². The molecule has 1 heterocycles. The van der Waals surface area contributed by atoms with E-state index >= 15 is 0 Å². The molecule has 1 aliphatic rings. The maximum Gasteiger partial charge on any atom is 0.312 e. The fourth-order valence-electron chi connectivity index (χ4n) is 3.33. The Balaban J connectivity index is 1.53. The fraction of sp³-hybridized carbons (Fsp3) is 0.364. The van der Waals surface area contributed by atoms with Crippen LogP contribution in [0.1, 0.15) is 39.9 Å². The molecule has 0 saturated carbocycles. The summed E-state index contributed by atoms with van der Waals surface area (Å²) in [7, 11) is 0. The fourth-order valence-corrected chi connectivity index (χ4v) is 3.33. The molecule has 3 rings (SSSR count). The van der Waals surface area contributed by atoms with Crippen molar-refractivity contribution in [3.63, 3.8) is 0 Å². The number of likely N-dealkylation sites (tertiary alicyclic amines) is 1. The first-order valence-corrected chi connectivity index (χ1v) is 9.58. The van der Waals surface area contributed by atoms with Crippen LogP contribution in [0.3, 0.4) is 0 Å². The zero-order valence-corrected chi connectivity index (χ0v) is 16.4. The molecule has 6 heteroatoms. The van der Waals surface area contributed by atoms with Crippen LogP contribution in [0.2, 0.25) is 0 Å². The minimum atomic E-state index is -0.564. The van der Waals surface area contributed by atoms with Crippen LogP contribution in [-0.2, 0) is 6.54 Å². The maximum atomic E-state index is 12.7. The van der Waals surface area contributed by atoms with Crippen LogP contribution in [0.15, 0.2) is 42.5 Å². The van der Waals surface area contributed by atoms with Crippen molar-refractivity contribution >= 4 is 11.9 Å². The summed E-state index contributed by atoms with van der Waals surface area (Å²) in [6.07, 6.45) is 1.77. The Bertz CT molecular complexity index is 841. The molecule has 1 aliphatic heterocycles. The molecule has 3 N–H and O–H groups in total. The maximum absolute atomic E-state index is 12.7. The number of aryl methyl sites for hydroxylation is 2. The first-order valence-electron chi connectivity index (χ1n) is 9.58. The molecular formula is C22H27N3O3. The van der Waals surface area contributed by atoms with Crippen molar-refractivity contribution < 1.29 is 14.3 Å². The van der Waals surface area contributed by atoms with Gasteiger partial charge in [0.2, 0.25) is 0 Å². The van der Waals surface area contributed by atoms with Gasteiger partial charge >= 0.3 is 6.03 Å². The normalized spacial score (nSPS) is 14.6. The predicted octanol–water partition coefficient (Wildman–Crippen LogP) is 3.16. The molecule has 148 valence electrons. The average molecular weight is 381 g/mol. The number of nitrogens with one attached hydrogen (secondary N) is 1. The highest BCUT2D eigenvalue weighted by Crippen LogP contribution is 2.24. The number of rotatable bonds is 5. The van der Waals surface area contributed by atoms with Crippen LogP contribution in [0, 0.1) is 13.8 Å². The molecule has 0 radical (unpaired) electrons. The molecular weight excluding hydrogens is 354 g/mol. The molecule has 2 aromatic rings. The second kappa shape index (κ2) is 8.78.